The number of aryl methyl sites for hydroxylation is 1. The Hall–Kier alpha value is -1.51. The molecule has 1 aromatic carbocycles. The van der Waals surface area contributed by atoms with Gasteiger partial charge in [0.25, 0.3) is 0 Å². The molecule has 2 aliphatic heterocycles. The molecule has 0 aliphatic carbocycles. The fourth-order valence-electron chi connectivity index (χ4n) is 3.70. The molecule has 1 N–H and O–H groups in total. The molecule has 2 unspecified atom stereocenters. The normalized spacial score (nSPS) is 29.5. The highest BCUT2D eigenvalue weighted by atomic mass is 16.4. The number of piperidine rings is 1. The van der Waals surface area contributed by atoms with Gasteiger partial charge >= 0.3 is 5.97 Å². The van der Waals surface area contributed by atoms with Crippen molar-refractivity contribution in [2.45, 2.75) is 51.1 Å². The van der Waals surface area contributed by atoms with Crippen LogP contribution >= 0.6 is 0 Å². The lowest BCUT2D eigenvalue weighted by atomic mass is 9.90. The second-order valence-electron chi connectivity index (χ2n) is 5.82. The monoisotopic (exact) mass is 259 g/mol. The number of hydrogen-bond acceptors (Lipinski definition) is 2. The minimum Gasteiger partial charge on any atom is -0.481 e. The van der Waals surface area contributed by atoms with Crippen molar-refractivity contribution in [1.82, 2.24) is 0 Å². The SMILES string of the molecule is CCc1ccc(N2C3CCC2CC(C(=O)O)C3)cc1. The first-order valence-electron chi connectivity index (χ1n) is 7.29. The molecule has 2 saturated heterocycles. The Morgan fingerprint density at radius 2 is 1.79 bits per heavy atom. The number of benzene rings is 1. The van der Waals surface area contributed by atoms with E-state index >= 15 is 0 Å². The Bertz CT molecular complexity index is 454. The Balaban J connectivity index is 1.81. The Kier molecular flexibility index (Phi) is 3.21. The van der Waals surface area contributed by atoms with Crippen LogP contribution in [0.4, 0.5) is 5.69 Å². The lowest BCUT2D eigenvalue weighted by Gasteiger charge is -2.39. The van der Waals surface area contributed by atoms with Crippen LogP contribution in [0.25, 0.3) is 0 Å². The molecule has 19 heavy (non-hydrogen) atoms. The smallest absolute Gasteiger partial charge is 0.306 e. The van der Waals surface area contributed by atoms with E-state index in [1.54, 1.807) is 0 Å². The molecule has 3 nitrogen and oxygen atoms in total. The van der Waals surface area contributed by atoms with Gasteiger partial charge in [0, 0.05) is 17.8 Å². The van der Waals surface area contributed by atoms with Crippen molar-refractivity contribution in [3.63, 3.8) is 0 Å². The van der Waals surface area contributed by atoms with Crippen LogP contribution in [0.15, 0.2) is 24.3 Å². The maximum absolute atomic E-state index is 11.2. The molecule has 102 valence electrons. The summed E-state index contributed by atoms with van der Waals surface area (Å²) in [5, 5.41) is 9.21. The van der Waals surface area contributed by atoms with Crippen LogP contribution < -0.4 is 4.90 Å². The number of carboxylic acids is 1. The highest BCUT2D eigenvalue weighted by Crippen LogP contribution is 2.41. The summed E-state index contributed by atoms with van der Waals surface area (Å²) in [4.78, 5) is 13.7. The summed E-state index contributed by atoms with van der Waals surface area (Å²) in [5.74, 6) is -0.749. The molecule has 2 aliphatic rings. The van der Waals surface area contributed by atoms with Crippen molar-refractivity contribution < 1.29 is 9.90 Å². The Labute approximate surface area is 114 Å². The summed E-state index contributed by atoms with van der Waals surface area (Å²) < 4.78 is 0. The van der Waals surface area contributed by atoms with Crippen molar-refractivity contribution in [2.24, 2.45) is 5.92 Å². The van der Waals surface area contributed by atoms with Crippen LogP contribution in [0.3, 0.4) is 0 Å². The van der Waals surface area contributed by atoms with Crippen molar-refractivity contribution >= 4 is 11.7 Å². The first kappa shape index (κ1) is 12.5. The predicted molar refractivity (Wildman–Crippen MR) is 75.5 cm³/mol. The van der Waals surface area contributed by atoms with E-state index in [0.29, 0.717) is 12.1 Å². The minimum atomic E-state index is -0.613. The third kappa shape index (κ3) is 2.22. The number of carboxylic acid groups (broad SMARTS) is 1. The average Bonchev–Trinajstić information content (AvgIpc) is 2.68. The molecule has 0 spiro atoms. The van der Waals surface area contributed by atoms with E-state index in [1.807, 2.05) is 0 Å². The van der Waals surface area contributed by atoms with Crippen molar-refractivity contribution in [3.8, 4) is 0 Å². The van der Waals surface area contributed by atoms with Crippen LogP contribution in [0, 0.1) is 5.92 Å². The van der Waals surface area contributed by atoms with E-state index in [1.165, 1.54) is 11.3 Å². The van der Waals surface area contributed by atoms with Crippen molar-refractivity contribution in [1.29, 1.82) is 0 Å². The second-order valence-corrected chi connectivity index (χ2v) is 5.82. The van der Waals surface area contributed by atoms with E-state index in [0.717, 1.165) is 32.1 Å². The third-order valence-electron chi connectivity index (χ3n) is 4.73. The number of hydrogen-bond donors (Lipinski definition) is 1. The lowest BCUT2D eigenvalue weighted by Crippen LogP contribution is -2.44. The Morgan fingerprint density at radius 1 is 1.21 bits per heavy atom. The molecular formula is C16H21NO2. The predicted octanol–water partition coefficient (Wildman–Crippen LogP) is 3.08. The summed E-state index contributed by atoms with van der Waals surface area (Å²) >= 11 is 0. The van der Waals surface area contributed by atoms with Gasteiger partial charge in [0.15, 0.2) is 0 Å². The average molecular weight is 259 g/mol. The van der Waals surface area contributed by atoms with E-state index in [4.69, 9.17) is 0 Å². The highest BCUT2D eigenvalue weighted by molar-refractivity contribution is 5.71. The number of carbonyl (C=O) groups is 1. The number of nitrogens with zero attached hydrogens (tertiary/aromatic N) is 1. The number of anilines is 1. The van der Waals surface area contributed by atoms with Gasteiger partial charge in [-0.1, -0.05) is 19.1 Å². The maximum atomic E-state index is 11.2. The van der Waals surface area contributed by atoms with Gasteiger partial charge < -0.3 is 10.0 Å². The van der Waals surface area contributed by atoms with Crippen LogP contribution in [0.1, 0.15) is 38.2 Å². The maximum Gasteiger partial charge on any atom is 0.306 e. The van der Waals surface area contributed by atoms with Gasteiger partial charge in [0.05, 0.1) is 5.92 Å². The lowest BCUT2D eigenvalue weighted by molar-refractivity contribution is -0.142. The van der Waals surface area contributed by atoms with Gasteiger partial charge in [-0.15, -0.1) is 0 Å². The molecule has 3 heteroatoms. The quantitative estimate of drug-likeness (QED) is 0.907. The topological polar surface area (TPSA) is 40.5 Å². The first-order chi connectivity index (χ1) is 9.19. The fraction of sp³-hybridized carbons (Fsp3) is 0.562. The summed E-state index contributed by atoms with van der Waals surface area (Å²) in [6.45, 7) is 2.16. The van der Waals surface area contributed by atoms with Crippen LogP contribution in [-0.2, 0) is 11.2 Å². The van der Waals surface area contributed by atoms with Crippen LogP contribution in [0.5, 0.6) is 0 Å². The molecule has 1 aromatic rings. The molecule has 2 bridgehead atoms. The minimum absolute atomic E-state index is 0.135. The molecule has 2 heterocycles. The van der Waals surface area contributed by atoms with E-state index in [2.05, 4.69) is 36.1 Å². The molecule has 0 saturated carbocycles. The summed E-state index contributed by atoms with van der Waals surface area (Å²) in [6, 6.07) is 9.63. The standard InChI is InChI=1S/C16H21NO2/c1-2-11-3-5-13(6-4-11)17-14-7-8-15(17)10-12(9-14)16(18)19/h3-6,12,14-15H,2,7-10H2,1H3,(H,18,19). The zero-order chi connectivity index (χ0) is 13.4. The molecule has 3 rings (SSSR count). The first-order valence-corrected chi connectivity index (χ1v) is 7.29. The molecular weight excluding hydrogens is 238 g/mol. The number of fused-ring (bicyclic) bond motifs is 2. The number of rotatable bonds is 3. The largest absolute Gasteiger partial charge is 0.481 e. The van der Waals surface area contributed by atoms with Gasteiger partial charge in [-0.2, -0.15) is 0 Å². The van der Waals surface area contributed by atoms with Gasteiger partial charge in [-0.25, -0.2) is 0 Å². The van der Waals surface area contributed by atoms with E-state index in [9.17, 15) is 9.90 Å². The third-order valence-corrected chi connectivity index (χ3v) is 4.73. The summed E-state index contributed by atoms with van der Waals surface area (Å²) in [7, 11) is 0. The zero-order valence-corrected chi connectivity index (χ0v) is 11.4. The molecule has 0 radical (unpaired) electrons. The summed E-state index contributed by atoms with van der Waals surface area (Å²) in [6.07, 6.45) is 4.96. The molecule has 0 amide bonds. The highest BCUT2D eigenvalue weighted by Gasteiger charge is 2.42. The Morgan fingerprint density at radius 3 is 2.26 bits per heavy atom. The van der Waals surface area contributed by atoms with Gasteiger partial charge in [-0.3, -0.25) is 4.79 Å². The van der Waals surface area contributed by atoms with Crippen molar-refractivity contribution in [3.05, 3.63) is 29.8 Å². The van der Waals surface area contributed by atoms with Crippen LogP contribution in [-0.4, -0.2) is 23.2 Å². The second kappa shape index (κ2) is 4.87. The summed E-state index contributed by atoms with van der Waals surface area (Å²) in [5.41, 5.74) is 2.63. The van der Waals surface area contributed by atoms with Gasteiger partial charge in [-0.05, 0) is 49.8 Å². The van der Waals surface area contributed by atoms with Crippen LogP contribution in [0.2, 0.25) is 0 Å². The van der Waals surface area contributed by atoms with Gasteiger partial charge in [0.1, 0.15) is 0 Å². The van der Waals surface area contributed by atoms with E-state index in [-0.39, 0.29) is 5.92 Å². The van der Waals surface area contributed by atoms with Crippen molar-refractivity contribution in [2.75, 3.05) is 4.90 Å². The van der Waals surface area contributed by atoms with Gasteiger partial charge in [0.2, 0.25) is 0 Å². The fourth-order valence-corrected chi connectivity index (χ4v) is 3.70. The zero-order valence-electron chi connectivity index (χ0n) is 11.4. The van der Waals surface area contributed by atoms with E-state index < -0.39 is 5.97 Å². The molecule has 2 fully saturated rings. The molecule has 0 aromatic heterocycles. The number of aliphatic carboxylic acids is 1. The molecule has 2 atom stereocenters.